The van der Waals surface area contributed by atoms with E-state index in [0.717, 1.165) is 50.9 Å². The predicted octanol–water partition coefficient (Wildman–Crippen LogP) is 2.07. The van der Waals surface area contributed by atoms with E-state index in [4.69, 9.17) is 0 Å². The second-order valence-corrected chi connectivity index (χ2v) is 9.57. The number of hydrogen-bond acceptors (Lipinski definition) is 4. The van der Waals surface area contributed by atoms with Gasteiger partial charge in [0.15, 0.2) is 15.7 Å². The van der Waals surface area contributed by atoms with Gasteiger partial charge >= 0.3 is 0 Å². The number of sulfone groups is 1. The average Bonchev–Trinajstić information content (AvgIpc) is 3.16. The summed E-state index contributed by atoms with van der Waals surface area (Å²) in [5, 5.41) is 0. The van der Waals surface area contributed by atoms with Crippen molar-refractivity contribution in [2.75, 3.05) is 31.9 Å². The van der Waals surface area contributed by atoms with Crippen LogP contribution in [0.15, 0.2) is 17.0 Å². The first-order valence-corrected chi connectivity index (χ1v) is 10.8. The maximum Gasteiger partial charge on any atom is 0.259 e. The molecule has 1 aromatic rings. The molecular formula is C18H22F2N2O3S. The molecule has 0 unspecified atom stereocenters. The van der Waals surface area contributed by atoms with Crippen LogP contribution >= 0.6 is 0 Å². The molecule has 2 saturated heterocycles. The smallest absolute Gasteiger partial charge is 0.259 e. The molecule has 2 heterocycles. The highest BCUT2D eigenvalue weighted by molar-refractivity contribution is 7.91. The molecule has 1 amide bonds. The van der Waals surface area contributed by atoms with Gasteiger partial charge in [0.25, 0.3) is 5.91 Å². The molecule has 0 bridgehead atoms. The number of nitrogens with zero attached hydrogens (tertiary/aromatic N) is 2. The summed E-state index contributed by atoms with van der Waals surface area (Å²) in [6.07, 6.45) is 3.88. The summed E-state index contributed by atoms with van der Waals surface area (Å²) in [6, 6.07) is 2.05. The average molecular weight is 384 g/mol. The van der Waals surface area contributed by atoms with Crippen LogP contribution in [0.25, 0.3) is 0 Å². The first-order valence-electron chi connectivity index (χ1n) is 9.11. The Hall–Kier alpha value is -1.54. The Kier molecular flexibility index (Phi) is 4.51. The Morgan fingerprint density at radius 2 is 1.77 bits per heavy atom. The monoisotopic (exact) mass is 384 g/mol. The molecule has 0 N–H and O–H groups in total. The van der Waals surface area contributed by atoms with Crippen molar-refractivity contribution in [3.63, 3.8) is 0 Å². The molecule has 5 nitrogen and oxygen atoms in total. The first-order chi connectivity index (χ1) is 12.4. The van der Waals surface area contributed by atoms with Gasteiger partial charge in [0.05, 0.1) is 5.75 Å². The standard InChI is InChI=1S/C18H22F2N2O3S/c19-14-5-6-15(26(24,25)11-12-3-4-12)17(20)16(14)18(23)22-9-13(10-22)21-7-1-2-8-21/h5-6,12-13H,1-4,7-11H2. The van der Waals surface area contributed by atoms with Gasteiger partial charge in [-0.1, -0.05) is 0 Å². The number of benzene rings is 1. The van der Waals surface area contributed by atoms with Crippen LogP contribution in [-0.2, 0) is 9.84 Å². The third-order valence-corrected chi connectivity index (χ3v) is 7.46. The Morgan fingerprint density at radius 1 is 1.12 bits per heavy atom. The fourth-order valence-corrected chi connectivity index (χ4v) is 5.56. The van der Waals surface area contributed by atoms with Crippen molar-refractivity contribution < 1.29 is 22.0 Å². The molecule has 0 spiro atoms. The number of amides is 1. The van der Waals surface area contributed by atoms with Crippen LogP contribution < -0.4 is 0 Å². The van der Waals surface area contributed by atoms with Crippen molar-refractivity contribution in [1.29, 1.82) is 0 Å². The van der Waals surface area contributed by atoms with E-state index in [1.54, 1.807) is 0 Å². The van der Waals surface area contributed by atoms with Gasteiger partial charge in [-0.05, 0) is 56.8 Å². The minimum absolute atomic E-state index is 0.0419. The molecule has 3 aliphatic rings. The zero-order valence-electron chi connectivity index (χ0n) is 14.5. The van der Waals surface area contributed by atoms with Gasteiger partial charge in [-0.15, -0.1) is 0 Å². The number of hydrogen-bond donors (Lipinski definition) is 0. The lowest BCUT2D eigenvalue weighted by molar-refractivity contribution is 0.0325. The summed E-state index contributed by atoms with van der Waals surface area (Å²) in [5.74, 6) is -3.13. The summed E-state index contributed by atoms with van der Waals surface area (Å²) in [5.41, 5.74) is -0.748. The van der Waals surface area contributed by atoms with Crippen LogP contribution in [0.4, 0.5) is 8.78 Å². The minimum atomic E-state index is -3.86. The highest BCUT2D eigenvalue weighted by atomic mass is 32.2. The quantitative estimate of drug-likeness (QED) is 0.730. The van der Waals surface area contributed by atoms with Crippen LogP contribution in [0.1, 0.15) is 36.0 Å². The van der Waals surface area contributed by atoms with E-state index >= 15 is 0 Å². The molecule has 0 aromatic heterocycles. The normalized spacial score (nSPS) is 21.8. The molecule has 1 saturated carbocycles. The Balaban J connectivity index is 1.54. The zero-order valence-corrected chi connectivity index (χ0v) is 15.3. The molecule has 142 valence electrons. The van der Waals surface area contributed by atoms with Gasteiger partial charge in [-0.3, -0.25) is 9.69 Å². The lowest BCUT2D eigenvalue weighted by Gasteiger charge is -2.44. The molecule has 8 heteroatoms. The number of halogens is 2. The second kappa shape index (κ2) is 6.56. The first kappa shape index (κ1) is 17.9. The fourth-order valence-electron chi connectivity index (χ4n) is 3.77. The Labute approximate surface area is 151 Å². The molecule has 4 rings (SSSR count). The third kappa shape index (κ3) is 3.24. The second-order valence-electron chi connectivity index (χ2n) is 7.57. The molecule has 0 atom stereocenters. The van der Waals surface area contributed by atoms with E-state index in [9.17, 15) is 22.0 Å². The largest absolute Gasteiger partial charge is 0.335 e. The van der Waals surface area contributed by atoms with E-state index in [2.05, 4.69) is 4.90 Å². The van der Waals surface area contributed by atoms with Gasteiger partial charge in [-0.2, -0.15) is 0 Å². The zero-order chi connectivity index (χ0) is 18.5. The van der Waals surface area contributed by atoms with E-state index in [1.807, 2.05) is 0 Å². The van der Waals surface area contributed by atoms with Crippen molar-refractivity contribution >= 4 is 15.7 Å². The SMILES string of the molecule is O=C(c1c(F)ccc(S(=O)(=O)CC2CC2)c1F)N1CC(N2CCCC2)C1. The fraction of sp³-hybridized carbons (Fsp3) is 0.611. The lowest BCUT2D eigenvalue weighted by atomic mass is 10.0. The third-order valence-electron chi connectivity index (χ3n) is 5.56. The van der Waals surface area contributed by atoms with E-state index in [-0.39, 0.29) is 17.7 Å². The minimum Gasteiger partial charge on any atom is -0.335 e. The van der Waals surface area contributed by atoms with E-state index in [1.165, 1.54) is 4.90 Å². The summed E-state index contributed by atoms with van der Waals surface area (Å²) in [7, 11) is -3.86. The molecule has 26 heavy (non-hydrogen) atoms. The van der Waals surface area contributed by atoms with Crippen molar-refractivity contribution in [2.24, 2.45) is 5.92 Å². The number of rotatable bonds is 5. The summed E-state index contributed by atoms with van der Waals surface area (Å²) in [6.45, 7) is 2.84. The predicted molar refractivity (Wildman–Crippen MR) is 91.6 cm³/mol. The van der Waals surface area contributed by atoms with Crippen molar-refractivity contribution in [3.05, 3.63) is 29.3 Å². The maximum atomic E-state index is 14.8. The maximum absolute atomic E-state index is 14.8. The molecule has 2 aliphatic heterocycles. The van der Waals surface area contributed by atoms with Crippen molar-refractivity contribution in [2.45, 2.75) is 36.6 Å². The molecular weight excluding hydrogens is 362 g/mol. The van der Waals surface area contributed by atoms with Gasteiger partial charge < -0.3 is 4.90 Å². The van der Waals surface area contributed by atoms with Crippen LogP contribution in [-0.4, -0.2) is 62.1 Å². The van der Waals surface area contributed by atoms with Crippen LogP contribution in [0, 0.1) is 17.6 Å². The van der Waals surface area contributed by atoms with Gasteiger partial charge in [0.2, 0.25) is 0 Å². The highest BCUT2D eigenvalue weighted by Gasteiger charge is 2.39. The van der Waals surface area contributed by atoms with Crippen molar-refractivity contribution in [3.8, 4) is 0 Å². The van der Waals surface area contributed by atoms with Crippen LogP contribution in [0.5, 0.6) is 0 Å². The van der Waals surface area contributed by atoms with E-state index < -0.39 is 37.8 Å². The molecule has 1 aliphatic carbocycles. The van der Waals surface area contributed by atoms with Gasteiger partial charge in [0.1, 0.15) is 16.3 Å². The van der Waals surface area contributed by atoms with Crippen LogP contribution in [0.2, 0.25) is 0 Å². The topological polar surface area (TPSA) is 57.7 Å². The summed E-state index contributed by atoms with van der Waals surface area (Å²) in [4.78, 5) is 15.7. The number of carbonyl (C=O) groups is 1. The summed E-state index contributed by atoms with van der Waals surface area (Å²) >= 11 is 0. The summed E-state index contributed by atoms with van der Waals surface area (Å²) < 4.78 is 53.7. The van der Waals surface area contributed by atoms with Crippen LogP contribution in [0.3, 0.4) is 0 Å². The molecule has 3 fully saturated rings. The van der Waals surface area contributed by atoms with Crippen molar-refractivity contribution in [1.82, 2.24) is 9.80 Å². The highest BCUT2D eigenvalue weighted by Crippen LogP contribution is 2.34. The Morgan fingerprint density at radius 3 is 2.38 bits per heavy atom. The Bertz CT molecular complexity index is 827. The molecule has 0 radical (unpaired) electrons. The van der Waals surface area contributed by atoms with Gasteiger partial charge in [-0.25, -0.2) is 17.2 Å². The number of likely N-dealkylation sites (tertiary alicyclic amines) is 2. The number of carbonyl (C=O) groups excluding carboxylic acids is 1. The van der Waals surface area contributed by atoms with Gasteiger partial charge in [0, 0.05) is 19.1 Å². The van der Waals surface area contributed by atoms with E-state index in [0.29, 0.717) is 13.1 Å². The molecule has 1 aromatic carbocycles. The lowest BCUT2D eigenvalue weighted by Crippen LogP contribution is -2.60.